The number of carbonyl (C=O) groups is 2. The first kappa shape index (κ1) is 18.4. The van der Waals surface area contributed by atoms with Gasteiger partial charge in [-0.1, -0.05) is 19.3 Å². The van der Waals surface area contributed by atoms with Crippen LogP contribution in [-0.4, -0.2) is 43.2 Å². The maximum Gasteiger partial charge on any atom is 0.243 e. The molecule has 2 fully saturated rings. The Labute approximate surface area is 159 Å². The van der Waals surface area contributed by atoms with Crippen LogP contribution in [0.5, 0.6) is 0 Å². The van der Waals surface area contributed by atoms with Crippen molar-refractivity contribution in [1.82, 2.24) is 9.62 Å². The van der Waals surface area contributed by atoms with Gasteiger partial charge in [-0.3, -0.25) is 9.59 Å². The van der Waals surface area contributed by atoms with E-state index in [0.29, 0.717) is 30.6 Å². The molecule has 0 unspecified atom stereocenters. The highest BCUT2D eigenvalue weighted by atomic mass is 32.2. The van der Waals surface area contributed by atoms with Crippen LogP contribution in [0, 0.1) is 0 Å². The molecule has 0 aromatic heterocycles. The van der Waals surface area contributed by atoms with Crippen LogP contribution < -0.4 is 10.6 Å². The lowest BCUT2D eigenvalue weighted by molar-refractivity contribution is -0.125. The smallest absolute Gasteiger partial charge is 0.243 e. The van der Waals surface area contributed by atoms with E-state index in [-0.39, 0.29) is 29.2 Å². The monoisotopic (exact) mass is 391 g/mol. The third kappa shape index (κ3) is 3.60. The Morgan fingerprint density at radius 1 is 1.11 bits per heavy atom. The van der Waals surface area contributed by atoms with Crippen LogP contribution in [-0.2, 0) is 26.0 Å². The fourth-order valence-electron chi connectivity index (χ4n) is 4.34. The molecule has 3 aliphatic rings. The van der Waals surface area contributed by atoms with E-state index in [1.54, 1.807) is 12.1 Å². The Morgan fingerprint density at radius 3 is 2.67 bits per heavy atom. The topological polar surface area (TPSA) is 95.6 Å². The van der Waals surface area contributed by atoms with Gasteiger partial charge >= 0.3 is 0 Å². The number of hydrogen-bond donors (Lipinski definition) is 2. The Morgan fingerprint density at radius 2 is 1.89 bits per heavy atom. The van der Waals surface area contributed by atoms with Gasteiger partial charge in [-0.15, -0.1) is 0 Å². The van der Waals surface area contributed by atoms with E-state index < -0.39 is 16.1 Å². The summed E-state index contributed by atoms with van der Waals surface area (Å²) in [6.07, 6.45) is 6.76. The van der Waals surface area contributed by atoms with Gasteiger partial charge in [-0.05, 0) is 49.4 Å². The average molecular weight is 391 g/mol. The Kier molecular flexibility index (Phi) is 4.94. The molecule has 1 saturated heterocycles. The third-order valence-electron chi connectivity index (χ3n) is 5.77. The summed E-state index contributed by atoms with van der Waals surface area (Å²) in [4.78, 5) is 24.4. The van der Waals surface area contributed by atoms with E-state index in [1.165, 1.54) is 16.8 Å². The standard InChI is InChI=1S/C19H25N3O4S/c23-18-12-13-11-15(8-9-16(13)21-18)27(25,26)22-10-4-7-17(22)19(24)20-14-5-2-1-3-6-14/h8-9,11,14,17H,1-7,10,12H2,(H,20,24)(H,21,23)/t17-/m1/s1. The van der Waals surface area contributed by atoms with Crippen molar-refractivity contribution in [3.63, 3.8) is 0 Å². The highest BCUT2D eigenvalue weighted by molar-refractivity contribution is 7.89. The molecule has 27 heavy (non-hydrogen) atoms. The molecule has 0 radical (unpaired) electrons. The van der Waals surface area contributed by atoms with Crippen LogP contribution in [0.2, 0.25) is 0 Å². The van der Waals surface area contributed by atoms with Gasteiger partial charge in [-0.2, -0.15) is 4.31 Å². The van der Waals surface area contributed by atoms with Crippen LogP contribution in [0.25, 0.3) is 0 Å². The van der Waals surface area contributed by atoms with Crippen molar-refractivity contribution < 1.29 is 18.0 Å². The summed E-state index contributed by atoms with van der Waals surface area (Å²) in [5.41, 5.74) is 1.34. The number of nitrogens with zero attached hydrogens (tertiary/aromatic N) is 1. The minimum Gasteiger partial charge on any atom is -0.352 e. The molecule has 4 rings (SSSR count). The second-order valence-corrected chi connectivity index (χ2v) is 9.55. The molecule has 1 saturated carbocycles. The lowest BCUT2D eigenvalue weighted by Gasteiger charge is -2.28. The number of anilines is 1. The highest BCUT2D eigenvalue weighted by Gasteiger charge is 2.40. The van der Waals surface area contributed by atoms with Crippen molar-refractivity contribution in [2.75, 3.05) is 11.9 Å². The van der Waals surface area contributed by atoms with E-state index in [4.69, 9.17) is 0 Å². The molecule has 1 aliphatic carbocycles. The maximum absolute atomic E-state index is 13.2. The van der Waals surface area contributed by atoms with Gasteiger partial charge in [0, 0.05) is 18.3 Å². The zero-order valence-electron chi connectivity index (χ0n) is 15.2. The number of benzene rings is 1. The van der Waals surface area contributed by atoms with E-state index in [1.807, 2.05) is 0 Å². The summed E-state index contributed by atoms with van der Waals surface area (Å²) < 4.78 is 27.7. The lowest BCUT2D eigenvalue weighted by atomic mass is 9.95. The van der Waals surface area contributed by atoms with Crippen molar-refractivity contribution in [3.05, 3.63) is 23.8 Å². The summed E-state index contributed by atoms with van der Waals surface area (Å²) >= 11 is 0. The lowest BCUT2D eigenvalue weighted by Crippen LogP contribution is -2.49. The Balaban J connectivity index is 1.53. The van der Waals surface area contributed by atoms with Crippen LogP contribution in [0.4, 0.5) is 5.69 Å². The number of carbonyl (C=O) groups excluding carboxylic acids is 2. The molecule has 2 aliphatic heterocycles. The molecule has 2 amide bonds. The van der Waals surface area contributed by atoms with E-state index in [9.17, 15) is 18.0 Å². The van der Waals surface area contributed by atoms with E-state index in [0.717, 1.165) is 25.7 Å². The summed E-state index contributed by atoms with van der Waals surface area (Å²) in [5, 5.41) is 5.77. The van der Waals surface area contributed by atoms with Gasteiger partial charge in [0.15, 0.2) is 0 Å². The minimum absolute atomic E-state index is 0.134. The maximum atomic E-state index is 13.2. The summed E-state index contributed by atoms with van der Waals surface area (Å²) in [6.45, 7) is 0.347. The normalized spacial score (nSPS) is 23.9. The number of hydrogen-bond acceptors (Lipinski definition) is 4. The third-order valence-corrected chi connectivity index (χ3v) is 7.67. The van der Waals surface area contributed by atoms with Gasteiger partial charge < -0.3 is 10.6 Å². The molecule has 7 nitrogen and oxygen atoms in total. The van der Waals surface area contributed by atoms with Gasteiger partial charge in [0.05, 0.1) is 11.3 Å². The molecule has 8 heteroatoms. The second kappa shape index (κ2) is 7.24. The summed E-state index contributed by atoms with van der Waals surface area (Å²) in [7, 11) is -3.78. The van der Waals surface area contributed by atoms with Gasteiger partial charge in [0.1, 0.15) is 6.04 Å². The molecule has 1 atom stereocenters. The first-order chi connectivity index (χ1) is 12.9. The molecule has 0 spiro atoms. The Bertz CT molecular complexity index is 862. The minimum atomic E-state index is -3.78. The van der Waals surface area contributed by atoms with Gasteiger partial charge in [0.2, 0.25) is 21.8 Å². The van der Waals surface area contributed by atoms with Crippen molar-refractivity contribution in [2.45, 2.75) is 68.3 Å². The van der Waals surface area contributed by atoms with Crippen LogP contribution in [0.3, 0.4) is 0 Å². The summed E-state index contributed by atoms with van der Waals surface area (Å²) in [5.74, 6) is -0.313. The fourth-order valence-corrected chi connectivity index (χ4v) is 6.04. The van der Waals surface area contributed by atoms with Crippen molar-refractivity contribution in [3.8, 4) is 0 Å². The molecular formula is C19H25N3O4S. The van der Waals surface area contributed by atoms with Gasteiger partial charge in [-0.25, -0.2) is 8.42 Å². The van der Waals surface area contributed by atoms with Crippen LogP contribution in [0.1, 0.15) is 50.5 Å². The van der Waals surface area contributed by atoms with Crippen molar-refractivity contribution >= 4 is 27.5 Å². The zero-order valence-corrected chi connectivity index (χ0v) is 16.1. The summed E-state index contributed by atoms with van der Waals surface area (Å²) in [6, 6.07) is 4.20. The average Bonchev–Trinajstić information content (AvgIpc) is 3.28. The van der Waals surface area contributed by atoms with Crippen molar-refractivity contribution in [1.29, 1.82) is 0 Å². The van der Waals surface area contributed by atoms with Gasteiger partial charge in [0.25, 0.3) is 0 Å². The van der Waals surface area contributed by atoms with Crippen LogP contribution >= 0.6 is 0 Å². The number of nitrogens with one attached hydrogen (secondary N) is 2. The van der Waals surface area contributed by atoms with Crippen molar-refractivity contribution in [2.24, 2.45) is 0 Å². The second-order valence-electron chi connectivity index (χ2n) is 7.66. The molecule has 146 valence electrons. The predicted octanol–water partition coefficient (Wildman–Crippen LogP) is 1.78. The molecule has 2 N–H and O–H groups in total. The van der Waals surface area contributed by atoms with E-state index >= 15 is 0 Å². The SMILES string of the molecule is O=C1Cc2cc(S(=O)(=O)N3CCC[C@@H]3C(=O)NC3CCCCC3)ccc2N1. The number of fused-ring (bicyclic) bond motifs is 1. The fraction of sp³-hybridized carbons (Fsp3) is 0.579. The number of rotatable bonds is 4. The quantitative estimate of drug-likeness (QED) is 0.818. The largest absolute Gasteiger partial charge is 0.352 e. The highest BCUT2D eigenvalue weighted by Crippen LogP contribution is 2.31. The molecule has 1 aromatic carbocycles. The first-order valence-electron chi connectivity index (χ1n) is 9.70. The number of amides is 2. The molecule has 1 aromatic rings. The number of sulfonamides is 1. The zero-order chi connectivity index (χ0) is 19.0. The molecule has 0 bridgehead atoms. The van der Waals surface area contributed by atoms with Crippen LogP contribution in [0.15, 0.2) is 23.1 Å². The molecular weight excluding hydrogens is 366 g/mol. The van der Waals surface area contributed by atoms with E-state index in [2.05, 4.69) is 10.6 Å². The Hall–Kier alpha value is -1.93. The molecule has 2 heterocycles. The predicted molar refractivity (Wildman–Crippen MR) is 101 cm³/mol. The first-order valence-corrected chi connectivity index (χ1v) is 11.1.